The van der Waals surface area contributed by atoms with Crippen LogP contribution in [0.5, 0.6) is 0 Å². The van der Waals surface area contributed by atoms with Gasteiger partial charge in [0.05, 0.1) is 0 Å². The van der Waals surface area contributed by atoms with Gasteiger partial charge in [0.25, 0.3) is 0 Å². The van der Waals surface area contributed by atoms with Crippen LogP contribution in [0.4, 0.5) is 0 Å². The summed E-state index contributed by atoms with van der Waals surface area (Å²) in [6.07, 6.45) is 4.11. The minimum Gasteiger partial charge on any atom is -0.306 e. The Balaban J connectivity index is 1.96. The molecule has 0 radical (unpaired) electrons. The molecule has 0 aliphatic heterocycles. The van der Waals surface area contributed by atoms with E-state index in [2.05, 4.69) is 62.1 Å². The normalized spacial score (nSPS) is 25.3. The molecule has 1 nitrogen and oxygen atoms in total. The zero-order valence-corrected chi connectivity index (χ0v) is 12.6. The lowest BCUT2D eigenvalue weighted by Crippen LogP contribution is -2.36. The van der Waals surface area contributed by atoms with Crippen molar-refractivity contribution < 1.29 is 0 Å². The van der Waals surface area contributed by atoms with Gasteiger partial charge in [-0.25, -0.2) is 0 Å². The van der Waals surface area contributed by atoms with Crippen molar-refractivity contribution in [3.63, 3.8) is 0 Å². The highest BCUT2D eigenvalue weighted by Gasteiger charge is 2.28. The number of benzene rings is 1. The summed E-state index contributed by atoms with van der Waals surface area (Å²) in [4.78, 5) is 0. The van der Waals surface area contributed by atoms with Gasteiger partial charge < -0.3 is 5.32 Å². The van der Waals surface area contributed by atoms with Gasteiger partial charge in [0.15, 0.2) is 0 Å². The highest BCUT2D eigenvalue weighted by atomic mass is 32.2. The quantitative estimate of drug-likeness (QED) is 0.849. The van der Waals surface area contributed by atoms with Gasteiger partial charge in [0, 0.05) is 17.3 Å². The van der Waals surface area contributed by atoms with E-state index in [1.165, 1.54) is 36.1 Å². The minimum absolute atomic E-state index is 0.466. The molecule has 0 aromatic heterocycles. The highest BCUT2D eigenvalue weighted by molar-refractivity contribution is 7.99. The zero-order chi connectivity index (χ0) is 13.0. The molecule has 3 unspecified atom stereocenters. The summed E-state index contributed by atoms with van der Waals surface area (Å²) in [5.74, 6) is 1.24. The molecule has 0 spiro atoms. The Morgan fingerprint density at radius 3 is 2.94 bits per heavy atom. The maximum Gasteiger partial charge on any atom is 0.0294 e. The lowest BCUT2D eigenvalue weighted by Gasteiger charge is -2.25. The smallest absolute Gasteiger partial charge is 0.0294 e. The summed E-state index contributed by atoms with van der Waals surface area (Å²) in [6, 6.07) is 10.0. The molecule has 0 bridgehead atoms. The van der Waals surface area contributed by atoms with Crippen molar-refractivity contribution in [1.29, 1.82) is 0 Å². The van der Waals surface area contributed by atoms with Crippen LogP contribution in [0.3, 0.4) is 0 Å². The SMILES string of the molecule is CCSC1CCCC1NC(C)c1cccc(C)c1. The number of hydrogen-bond donors (Lipinski definition) is 1. The number of aryl methyl sites for hydroxylation is 1. The molecule has 3 atom stereocenters. The number of rotatable bonds is 5. The third-order valence-electron chi connectivity index (χ3n) is 3.84. The lowest BCUT2D eigenvalue weighted by atomic mass is 10.0. The molecule has 0 saturated heterocycles. The summed E-state index contributed by atoms with van der Waals surface area (Å²) in [5.41, 5.74) is 2.77. The minimum atomic E-state index is 0.466. The molecule has 1 aromatic rings. The maximum atomic E-state index is 3.84. The van der Waals surface area contributed by atoms with Crippen molar-refractivity contribution >= 4 is 11.8 Å². The first-order valence-corrected chi connectivity index (χ1v) is 8.19. The second-order valence-electron chi connectivity index (χ2n) is 5.33. The molecule has 1 fully saturated rings. The number of nitrogens with one attached hydrogen (secondary N) is 1. The van der Waals surface area contributed by atoms with E-state index in [0.717, 1.165) is 5.25 Å². The van der Waals surface area contributed by atoms with Gasteiger partial charge >= 0.3 is 0 Å². The van der Waals surface area contributed by atoms with Crippen LogP contribution in [0.2, 0.25) is 0 Å². The number of thioether (sulfide) groups is 1. The summed E-state index contributed by atoms with van der Waals surface area (Å²) < 4.78 is 0. The standard InChI is InChI=1S/C16H25NS/c1-4-18-16-10-6-9-15(16)17-13(3)14-8-5-7-12(2)11-14/h5,7-8,11,13,15-17H,4,6,9-10H2,1-3H3. The predicted molar refractivity (Wildman–Crippen MR) is 82.3 cm³/mol. The fraction of sp³-hybridized carbons (Fsp3) is 0.625. The second-order valence-corrected chi connectivity index (χ2v) is 6.85. The largest absolute Gasteiger partial charge is 0.306 e. The average Bonchev–Trinajstić information content (AvgIpc) is 2.77. The fourth-order valence-corrected chi connectivity index (χ4v) is 4.10. The Hall–Kier alpha value is -0.470. The first kappa shape index (κ1) is 14.0. The first-order valence-electron chi connectivity index (χ1n) is 7.15. The van der Waals surface area contributed by atoms with Gasteiger partial charge in [-0.1, -0.05) is 43.2 Å². The molecule has 0 heterocycles. The highest BCUT2D eigenvalue weighted by Crippen LogP contribution is 2.31. The van der Waals surface area contributed by atoms with E-state index in [0.29, 0.717) is 12.1 Å². The average molecular weight is 263 g/mol. The predicted octanol–water partition coefficient (Wildman–Crippen LogP) is 4.32. The van der Waals surface area contributed by atoms with Crippen LogP contribution in [-0.2, 0) is 0 Å². The van der Waals surface area contributed by atoms with Crippen LogP contribution < -0.4 is 5.32 Å². The van der Waals surface area contributed by atoms with Crippen LogP contribution in [0.25, 0.3) is 0 Å². The Morgan fingerprint density at radius 1 is 1.39 bits per heavy atom. The molecule has 1 saturated carbocycles. The van der Waals surface area contributed by atoms with Crippen LogP contribution >= 0.6 is 11.8 Å². The van der Waals surface area contributed by atoms with E-state index in [4.69, 9.17) is 0 Å². The molecular weight excluding hydrogens is 238 g/mol. The molecule has 1 aliphatic carbocycles. The Morgan fingerprint density at radius 2 is 2.22 bits per heavy atom. The van der Waals surface area contributed by atoms with Crippen molar-refractivity contribution in [3.05, 3.63) is 35.4 Å². The van der Waals surface area contributed by atoms with Crippen LogP contribution in [-0.4, -0.2) is 17.0 Å². The molecule has 1 aliphatic rings. The summed E-state index contributed by atoms with van der Waals surface area (Å²) in [7, 11) is 0. The monoisotopic (exact) mass is 263 g/mol. The van der Waals surface area contributed by atoms with Gasteiger partial charge in [0.2, 0.25) is 0 Å². The fourth-order valence-electron chi connectivity index (χ4n) is 2.89. The van der Waals surface area contributed by atoms with Gasteiger partial charge in [-0.05, 0) is 38.0 Å². The van der Waals surface area contributed by atoms with Crippen molar-refractivity contribution in [2.45, 2.75) is 57.4 Å². The van der Waals surface area contributed by atoms with E-state index in [-0.39, 0.29) is 0 Å². The van der Waals surface area contributed by atoms with Crippen LogP contribution in [0.1, 0.15) is 50.3 Å². The molecule has 100 valence electrons. The van der Waals surface area contributed by atoms with E-state index < -0.39 is 0 Å². The topological polar surface area (TPSA) is 12.0 Å². The van der Waals surface area contributed by atoms with Gasteiger partial charge in [-0.3, -0.25) is 0 Å². The van der Waals surface area contributed by atoms with Gasteiger partial charge in [-0.15, -0.1) is 0 Å². The Bertz CT molecular complexity index is 377. The molecule has 18 heavy (non-hydrogen) atoms. The summed E-state index contributed by atoms with van der Waals surface area (Å²) in [6.45, 7) is 6.73. The molecular formula is C16H25NS. The van der Waals surface area contributed by atoms with Crippen LogP contribution in [0.15, 0.2) is 24.3 Å². The summed E-state index contributed by atoms with van der Waals surface area (Å²) in [5, 5.41) is 4.66. The zero-order valence-electron chi connectivity index (χ0n) is 11.8. The molecule has 1 aromatic carbocycles. The van der Waals surface area contributed by atoms with Crippen molar-refractivity contribution in [2.75, 3.05) is 5.75 Å². The van der Waals surface area contributed by atoms with E-state index in [1.54, 1.807) is 0 Å². The third-order valence-corrected chi connectivity index (χ3v) is 5.17. The third kappa shape index (κ3) is 3.52. The van der Waals surface area contributed by atoms with E-state index in [9.17, 15) is 0 Å². The van der Waals surface area contributed by atoms with E-state index >= 15 is 0 Å². The van der Waals surface area contributed by atoms with Gasteiger partial charge in [-0.2, -0.15) is 11.8 Å². The maximum absolute atomic E-state index is 3.84. The molecule has 2 heteroatoms. The second kappa shape index (κ2) is 6.63. The van der Waals surface area contributed by atoms with Crippen molar-refractivity contribution in [2.24, 2.45) is 0 Å². The molecule has 0 amide bonds. The van der Waals surface area contributed by atoms with Crippen molar-refractivity contribution in [1.82, 2.24) is 5.32 Å². The summed E-state index contributed by atoms with van der Waals surface area (Å²) >= 11 is 2.12. The van der Waals surface area contributed by atoms with E-state index in [1.807, 2.05) is 0 Å². The first-order chi connectivity index (χ1) is 8.70. The molecule has 1 N–H and O–H groups in total. The Kier molecular flexibility index (Phi) is 5.13. The number of hydrogen-bond acceptors (Lipinski definition) is 2. The van der Waals surface area contributed by atoms with Gasteiger partial charge in [0.1, 0.15) is 0 Å². The molecule has 2 rings (SSSR count). The lowest BCUT2D eigenvalue weighted by molar-refractivity contribution is 0.467. The Labute approximate surface area is 116 Å². The van der Waals surface area contributed by atoms with Crippen molar-refractivity contribution in [3.8, 4) is 0 Å². The van der Waals surface area contributed by atoms with Crippen LogP contribution in [0, 0.1) is 6.92 Å².